The van der Waals surface area contributed by atoms with Gasteiger partial charge < -0.3 is 5.32 Å². The molecule has 0 aromatic carbocycles. The van der Waals surface area contributed by atoms with Gasteiger partial charge in [0.2, 0.25) is 0 Å². The molecule has 0 spiro atoms. The Bertz CT molecular complexity index is 317. The molecule has 1 aromatic heterocycles. The summed E-state index contributed by atoms with van der Waals surface area (Å²) >= 11 is 0. The average molecular weight is 232 g/mol. The molecule has 0 aliphatic heterocycles. The SMILES string of the molecule is CC(N[C@@H](C)C1CCCCC1)c1ccncc1. The number of hydrogen-bond acceptors (Lipinski definition) is 2. The van der Waals surface area contributed by atoms with Gasteiger partial charge in [-0.05, 0) is 50.3 Å². The van der Waals surface area contributed by atoms with Crippen molar-refractivity contribution < 1.29 is 0 Å². The van der Waals surface area contributed by atoms with E-state index in [1.165, 1.54) is 37.7 Å². The molecular weight excluding hydrogens is 208 g/mol. The predicted molar refractivity (Wildman–Crippen MR) is 71.8 cm³/mol. The van der Waals surface area contributed by atoms with Crippen molar-refractivity contribution in [2.45, 2.75) is 58.0 Å². The van der Waals surface area contributed by atoms with E-state index >= 15 is 0 Å². The molecule has 94 valence electrons. The fourth-order valence-electron chi connectivity index (χ4n) is 2.91. The van der Waals surface area contributed by atoms with Crippen LogP contribution in [0.1, 0.15) is 57.6 Å². The third-order valence-corrected chi connectivity index (χ3v) is 4.08. The first-order chi connectivity index (χ1) is 8.27. The second kappa shape index (κ2) is 6.15. The highest BCUT2D eigenvalue weighted by Gasteiger charge is 2.21. The van der Waals surface area contributed by atoms with Crippen LogP contribution in [0.25, 0.3) is 0 Å². The zero-order valence-electron chi connectivity index (χ0n) is 11.0. The van der Waals surface area contributed by atoms with Crippen LogP contribution in [0.4, 0.5) is 0 Å². The maximum atomic E-state index is 4.07. The van der Waals surface area contributed by atoms with E-state index in [2.05, 4.69) is 36.3 Å². The van der Waals surface area contributed by atoms with Crippen LogP contribution in [0.15, 0.2) is 24.5 Å². The van der Waals surface area contributed by atoms with Crippen LogP contribution in [-0.2, 0) is 0 Å². The maximum Gasteiger partial charge on any atom is 0.0295 e. The first kappa shape index (κ1) is 12.6. The minimum Gasteiger partial charge on any atom is -0.307 e. The number of nitrogens with one attached hydrogen (secondary N) is 1. The number of rotatable bonds is 4. The maximum absolute atomic E-state index is 4.07. The van der Waals surface area contributed by atoms with E-state index in [1.807, 2.05) is 12.4 Å². The third kappa shape index (κ3) is 3.53. The minimum atomic E-state index is 0.426. The van der Waals surface area contributed by atoms with Crippen molar-refractivity contribution in [2.75, 3.05) is 0 Å². The highest BCUT2D eigenvalue weighted by atomic mass is 14.9. The summed E-state index contributed by atoms with van der Waals surface area (Å²) in [5.41, 5.74) is 1.34. The van der Waals surface area contributed by atoms with Gasteiger partial charge in [0.15, 0.2) is 0 Å². The van der Waals surface area contributed by atoms with Crippen molar-refractivity contribution in [1.29, 1.82) is 0 Å². The molecule has 2 nitrogen and oxygen atoms in total. The van der Waals surface area contributed by atoms with Crippen LogP contribution >= 0.6 is 0 Å². The van der Waals surface area contributed by atoms with Gasteiger partial charge in [-0.3, -0.25) is 4.98 Å². The molecule has 1 aromatic rings. The van der Waals surface area contributed by atoms with Gasteiger partial charge in [-0.25, -0.2) is 0 Å². The van der Waals surface area contributed by atoms with E-state index in [-0.39, 0.29) is 0 Å². The Kier molecular flexibility index (Phi) is 4.55. The molecule has 1 aliphatic rings. The third-order valence-electron chi connectivity index (χ3n) is 4.08. The molecule has 2 atom stereocenters. The fourth-order valence-corrected chi connectivity index (χ4v) is 2.91. The monoisotopic (exact) mass is 232 g/mol. The molecule has 2 rings (SSSR count). The zero-order valence-corrected chi connectivity index (χ0v) is 11.0. The van der Waals surface area contributed by atoms with Crippen LogP contribution in [-0.4, -0.2) is 11.0 Å². The number of nitrogens with zero attached hydrogens (tertiary/aromatic N) is 1. The topological polar surface area (TPSA) is 24.9 Å². The highest BCUT2D eigenvalue weighted by Crippen LogP contribution is 2.27. The molecule has 1 heterocycles. The Morgan fingerprint density at radius 3 is 2.41 bits per heavy atom. The lowest BCUT2D eigenvalue weighted by Gasteiger charge is -2.30. The zero-order chi connectivity index (χ0) is 12.1. The molecule has 17 heavy (non-hydrogen) atoms. The Hall–Kier alpha value is -0.890. The first-order valence-corrected chi connectivity index (χ1v) is 6.93. The Labute approximate surface area is 105 Å². The van der Waals surface area contributed by atoms with Gasteiger partial charge in [0.05, 0.1) is 0 Å². The fraction of sp³-hybridized carbons (Fsp3) is 0.667. The lowest BCUT2D eigenvalue weighted by atomic mass is 9.84. The lowest BCUT2D eigenvalue weighted by molar-refractivity contribution is 0.268. The van der Waals surface area contributed by atoms with Gasteiger partial charge in [0, 0.05) is 24.5 Å². The van der Waals surface area contributed by atoms with Crippen molar-refractivity contribution in [1.82, 2.24) is 10.3 Å². The average Bonchev–Trinajstić information content (AvgIpc) is 2.40. The van der Waals surface area contributed by atoms with Gasteiger partial charge in [-0.1, -0.05) is 19.3 Å². The van der Waals surface area contributed by atoms with Gasteiger partial charge >= 0.3 is 0 Å². The predicted octanol–water partition coefficient (Wildman–Crippen LogP) is 3.70. The summed E-state index contributed by atoms with van der Waals surface area (Å²) in [4.78, 5) is 4.07. The van der Waals surface area contributed by atoms with Crippen molar-refractivity contribution in [3.63, 3.8) is 0 Å². The number of pyridine rings is 1. The molecule has 0 amide bonds. The van der Waals surface area contributed by atoms with E-state index in [0.29, 0.717) is 12.1 Å². The summed E-state index contributed by atoms with van der Waals surface area (Å²) in [6.45, 7) is 4.59. The van der Waals surface area contributed by atoms with E-state index in [9.17, 15) is 0 Å². The quantitative estimate of drug-likeness (QED) is 0.856. The van der Waals surface area contributed by atoms with E-state index < -0.39 is 0 Å². The molecule has 1 unspecified atom stereocenters. The van der Waals surface area contributed by atoms with Crippen molar-refractivity contribution >= 4 is 0 Å². The van der Waals surface area contributed by atoms with Crippen LogP contribution in [0.2, 0.25) is 0 Å². The van der Waals surface area contributed by atoms with E-state index in [0.717, 1.165) is 5.92 Å². The van der Waals surface area contributed by atoms with Crippen LogP contribution in [0, 0.1) is 5.92 Å². The van der Waals surface area contributed by atoms with Gasteiger partial charge in [-0.2, -0.15) is 0 Å². The molecule has 2 heteroatoms. The Morgan fingerprint density at radius 1 is 1.12 bits per heavy atom. The Morgan fingerprint density at radius 2 is 1.76 bits per heavy atom. The number of aromatic nitrogens is 1. The normalized spacial score (nSPS) is 21.1. The summed E-state index contributed by atoms with van der Waals surface area (Å²) in [7, 11) is 0. The summed E-state index contributed by atoms with van der Waals surface area (Å²) in [5, 5.41) is 3.74. The van der Waals surface area contributed by atoms with Crippen LogP contribution in [0.5, 0.6) is 0 Å². The molecule has 1 saturated carbocycles. The standard InChI is InChI=1S/C15H24N2/c1-12(14-6-4-3-5-7-14)17-13(2)15-8-10-16-11-9-15/h8-14,17H,3-7H2,1-2H3/t12-,13?/m0/s1. The smallest absolute Gasteiger partial charge is 0.0295 e. The minimum absolute atomic E-state index is 0.426. The van der Waals surface area contributed by atoms with Gasteiger partial charge in [0.25, 0.3) is 0 Å². The molecular formula is C15H24N2. The second-order valence-electron chi connectivity index (χ2n) is 5.36. The molecule has 1 fully saturated rings. The lowest BCUT2D eigenvalue weighted by Crippen LogP contribution is -2.36. The summed E-state index contributed by atoms with van der Waals surface area (Å²) in [6.07, 6.45) is 10.8. The highest BCUT2D eigenvalue weighted by molar-refractivity contribution is 5.14. The molecule has 0 saturated heterocycles. The van der Waals surface area contributed by atoms with Crippen molar-refractivity contribution in [3.05, 3.63) is 30.1 Å². The molecule has 0 bridgehead atoms. The second-order valence-corrected chi connectivity index (χ2v) is 5.36. The van der Waals surface area contributed by atoms with Crippen LogP contribution < -0.4 is 5.32 Å². The first-order valence-electron chi connectivity index (χ1n) is 6.93. The van der Waals surface area contributed by atoms with E-state index in [4.69, 9.17) is 0 Å². The van der Waals surface area contributed by atoms with Crippen molar-refractivity contribution in [3.8, 4) is 0 Å². The molecule has 0 radical (unpaired) electrons. The largest absolute Gasteiger partial charge is 0.307 e. The van der Waals surface area contributed by atoms with Crippen molar-refractivity contribution in [2.24, 2.45) is 5.92 Å². The van der Waals surface area contributed by atoms with E-state index in [1.54, 1.807) is 0 Å². The summed E-state index contributed by atoms with van der Waals surface area (Å²) < 4.78 is 0. The number of hydrogen-bond donors (Lipinski definition) is 1. The molecule has 1 aliphatic carbocycles. The van der Waals surface area contributed by atoms with Gasteiger partial charge in [0.1, 0.15) is 0 Å². The van der Waals surface area contributed by atoms with Gasteiger partial charge in [-0.15, -0.1) is 0 Å². The van der Waals surface area contributed by atoms with Crippen LogP contribution in [0.3, 0.4) is 0 Å². The summed E-state index contributed by atoms with van der Waals surface area (Å²) in [6, 6.07) is 5.25. The summed E-state index contributed by atoms with van der Waals surface area (Å²) in [5.74, 6) is 0.869. The Balaban J connectivity index is 1.87. The molecule has 1 N–H and O–H groups in total.